The van der Waals surface area contributed by atoms with Gasteiger partial charge in [-0.15, -0.1) is 6.58 Å². The number of hydrogen-bond donors (Lipinski definition) is 2. The van der Waals surface area contributed by atoms with Crippen LogP contribution < -0.4 is 10.6 Å². The Morgan fingerprint density at radius 2 is 2.15 bits per heavy atom. The molecule has 13 heavy (non-hydrogen) atoms. The molecule has 0 heterocycles. The minimum atomic E-state index is 0.580. The van der Waals surface area contributed by atoms with E-state index in [-0.39, 0.29) is 0 Å². The van der Waals surface area contributed by atoms with Crippen molar-refractivity contribution in [3.63, 3.8) is 0 Å². The van der Waals surface area contributed by atoms with E-state index in [0.29, 0.717) is 6.04 Å². The van der Waals surface area contributed by atoms with Crippen molar-refractivity contribution in [2.24, 2.45) is 0 Å². The van der Waals surface area contributed by atoms with Gasteiger partial charge in [-0.25, -0.2) is 0 Å². The van der Waals surface area contributed by atoms with Gasteiger partial charge in [0.25, 0.3) is 0 Å². The smallest absolute Gasteiger partial charge is 0.0164 e. The van der Waals surface area contributed by atoms with Gasteiger partial charge >= 0.3 is 0 Å². The third kappa shape index (κ3) is 9.57. The highest BCUT2D eigenvalue weighted by Crippen LogP contribution is 1.88. The average Bonchev–Trinajstić information content (AvgIpc) is 2.13. The second kappa shape index (κ2) is 9.75. The van der Waals surface area contributed by atoms with Crippen molar-refractivity contribution in [3.8, 4) is 0 Å². The average molecular weight is 184 g/mol. The van der Waals surface area contributed by atoms with Gasteiger partial charge < -0.3 is 10.6 Å². The standard InChI is InChI=1S/C11H24N2/c1-4-6-7-9-13-11(3)10-12-8-5-2/h4,11-13H,1,5-10H2,2-3H3. The molecule has 0 rings (SSSR count). The summed E-state index contributed by atoms with van der Waals surface area (Å²) >= 11 is 0. The summed E-state index contributed by atoms with van der Waals surface area (Å²) in [6.45, 7) is 11.4. The van der Waals surface area contributed by atoms with Crippen molar-refractivity contribution in [2.45, 2.75) is 39.2 Å². The van der Waals surface area contributed by atoms with Crippen LogP contribution in [0.3, 0.4) is 0 Å². The van der Waals surface area contributed by atoms with Gasteiger partial charge in [0.2, 0.25) is 0 Å². The van der Waals surface area contributed by atoms with E-state index in [2.05, 4.69) is 31.1 Å². The van der Waals surface area contributed by atoms with E-state index >= 15 is 0 Å². The van der Waals surface area contributed by atoms with Crippen molar-refractivity contribution >= 4 is 0 Å². The van der Waals surface area contributed by atoms with E-state index in [1.165, 1.54) is 12.8 Å². The summed E-state index contributed by atoms with van der Waals surface area (Å²) in [6.07, 6.45) is 5.49. The Hall–Kier alpha value is -0.340. The zero-order chi connectivity index (χ0) is 9.94. The first-order valence-corrected chi connectivity index (χ1v) is 5.36. The quantitative estimate of drug-likeness (QED) is 0.422. The molecule has 0 spiro atoms. The lowest BCUT2D eigenvalue weighted by atomic mass is 10.2. The summed E-state index contributed by atoms with van der Waals surface area (Å²) < 4.78 is 0. The molecular weight excluding hydrogens is 160 g/mol. The highest BCUT2D eigenvalue weighted by Gasteiger charge is 1.97. The molecule has 78 valence electrons. The molecule has 0 radical (unpaired) electrons. The van der Waals surface area contributed by atoms with Gasteiger partial charge in [0.05, 0.1) is 0 Å². The molecule has 0 aromatic carbocycles. The molecule has 2 nitrogen and oxygen atoms in total. The van der Waals surface area contributed by atoms with Crippen molar-refractivity contribution in [1.29, 1.82) is 0 Å². The molecule has 0 aromatic heterocycles. The molecule has 1 unspecified atom stereocenters. The summed E-state index contributed by atoms with van der Waals surface area (Å²) in [4.78, 5) is 0. The van der Waals surface area contributed by atoms with Gasteiger partial charge in [-0.05, 0) is 39.3 Å². The van der Waals surface area contributed by atoms with Crippen LogP contribution >= 0.6 is 0 Å². The van der Waals surface area contributed by atoms with Gasteiger partial charge in [0, 0.05) is 12.6 Å². The maximum atomic E-state index is 3.70. The number of hydrogen-bond acceptors (Lipinski definition) is 2. The Balaban J connectivity index is 3.09. The fourth-order valence-electron chi connectivity index (χ4n) is 1.16. The van der Waals surface area contributed by atoms with E-state index in [1.54, 1.807) is 0 Å². The number of allylic oxidation sites excluding steroid dienone is 1. The summed E-state index contributed by atoms with van der Waals surface area (Å²) in [5.41, 5.74) is 0. The summed E-state index contributed by atoms with van der Waals surface area (Å²) in [6, 6.07) is 0.580. The topological polar surface area (TPSA) is 24.1 Å². The van der Waals surface area contributed by atoms with Gasteiger partial charge in [-0.1, -0.05) is 13.0 Å². The van der Waals surface area contributed by atoms with E-state index in [0.717, 1.165) is 26.1 Å². The molecule has 0 aliphatic carbocycles. The summed E-state index contributed by atoms with van der Waals surface area (Å²) in [7, 11) is 0. The largest absolute Gasteiger partial charge is 0.315 e. The van der Waals surface area contributed by atoms with Crippen LogP contribution in [0.15, 0.2) is 12.7 Å². The first-order valence-electron chi connectivity index (χ1n) is 5.36. The van der Waals surface area contributed by atoms with E-state index < -0.39 is 0 Å². The van der Waals surface area contributed by atoms with Crippen molar-refractivity contribution in [3.05, 3.63) is 12.7 Å². The molecule has 0 fully saturated rings. The van der Waals surface area contributed by atoms with Gasteiger partial charge in [-0.3, -0.25) is 0 Å². The highest BCUT2D eigenvalue weighted by molar-refractivity contribution is 4.68. The molecular formula is C11H24N2. The molecule has 0 saturated carbocycles. The van der Waals surface area contributed by atoms with E-state index in [9.17, 15) is 0 Å². The van der Waals surface area contributed by atoms with Crippen LogP contribution in [0.1, 0.15) is 33.1 Å². The zero-order valence-electron chi connectivity index (χ0n) is 9.10. The minimum Gasteiger partial charge on any atom is -0.315 e. The Kier molecular flexibility index (Phi) is 9.49. The first-order chi connectivity index (χ1) is 6.31. The molecule has 1 atom stereocenters. The third-order valence-corrected chi connectivity index (χ3v) is 1.96. The molecule has 0 aliphatic heterocycles. The van der Waals surface area contributed by atoms with E-state index in [1.807, 2.05) is 6.08 Å². The number of unbranched alkanes of at least 4 members (excludes halogenated alkanes) is 1. The van der Waals surface area contributed by atoms with Crippen LogP contribution in [0.4, 0.5) is 0 Å². The zero-order valence-corrected chi connectivity index (χ0v) is 9.10. The molecule has 0 saturated heterocycles. The molecule has 0 bridgehead atoms. The lowest BCUT2D eigenvalue weighted by molar-refractivity contribution is 0.497. The normalized spacial score (nSPS) is 12.8. The van der Waals surface area contributed by atoms with Crippen LogP contribution in [0, 0.1) is 0 Å². The molecule has 2 heteroatoms. The predicted molar refractivity (Wildman–Crippen MR) is 60.1 cm³/mol. The van der Waals surface area contributed by atoms with E-state index in [4.69, 9.17) is 0 Å². The fourth-order valence-corrected chi connectivity index (χ4v) is 1.16. The minimum absolute atomic E-state index is 0.580. The molecule has 0 aromatic rings. The fraction of sp³-hybridized carbons (Fsp3) is 0.818. The van der Waals surface area contributed by atoms with Crippen LogP contribution in [-0.4, -0.2) is 25.7 Å². The van der Waals surface area contributed by atoms with Crippen molar-refractivity contribution < 1.29 is 0 Å². The molecule has 2 N–H and O–H groups in total. The van der Waals surface area contributed by atoms with Crippen LogP contribution in [0.5, 0.6) is 0 Å². The molecule has 0 amide bonds. The maximum absolute atomic E-state index is 3.70. The number of nitrogens with one attached hydrogen (secondary N) is 2. The second-order valence-electron chi connectivity index (χ2n) is 3.49. The van der Waals surface area contributed by atoms with Crippen LogP contribution in [-0.2, 0) is 0 Å². The molecule has 0 aliphatic rings. The highest BCUT2D eigenvalue weighted by atomic mass is 15.0. The Labute approximate surface area is 82.8 Å². The van der Waals surface area contributed by atoms with Crippen LogP contribution in [0.25, 0.3) is 0 Å². The lowest BCUT2D eigenvalue weighted by Crippen LogP contribution is -2.37. The van der Waals surface area contributed by atoms with Crippen molar-refractivity contribution in [1.82, 2.24) is 10.6 Å². The van der Waals surface area contributed by atoms with Gasteiger partial charge in [0.15, 0.2) is 0 Å². The van der Waals surface area contributed by atoms with Gasteiger partial charge in [-0.2, -0.15) is 0 Å². The Bertz CT molecular complexity index is 113. The lowest BCUT2D eigenvalue weighted by Gasteiger charge is -2.13. The second-order valence-corrected chi connectivity index (χ2v) is 3.49. The first kappa shape index (κ1) is 12.7. The monoisotopic (exact) mass is 184 g/mol. The van der Waals surface area contributed by atoms with Gasteiger partial charge in [0.1, 0.15) is 0 Å². The number of rotatable bonds is 9. The Morgan fingerprint density at radius 1 is 1.38 bits per heavy atom. The summed E-state index contributed by atoms with van der Waals surface area (Å²) in [5.74, 6) is 0. The predicted octanol–water partition coefficient (Wildman–Crippen LogP) is 1.93. The third-order valence-electron chi connectivity index (χ3n) is 1.96. The van der Waals surface area contributed by atoms with Crippen LogP contribution in [0.2, 0.25) is 0 Å². The Morgan fingerprint density at radius 3 is 2.77 bits per heavy atom. The van der Waals surface area contributed by atoms with Crippen molar-refractivity contribution in [2.75, 3.05) is 19.6 Å². The SMILES string of the molecule is C=CCCCNC(C)CNCCC. The summed E-state index contributed by atoms with van der Waals surface area (Å²) in [5, 5.41) is 6.86. The maximum Gasteiger partial charge on any atom is 0.0164 e.